The van der Waals surface area contributed by atoms with E-state index in [4.69, 9.17) is 0 Å². The van der Waals surface area contributed by atoms with Gasteiger partial charge in [-0.25, -0.2) is 4.98 Å². The Morgan fingerprint density at radius 2 is 2.11 bits per heavy atom. The van der Waals surface area contributed by atoms with Crippen LogP contribution in [0.4, 0.5) is 13.2 Å². The molecule has 2 nitrogen and oxygen atoms in total. The van der Waals surface area contributed by atoms with Crippen molar-refractivity contribution in [1.29, 1.82) is 0 Å². The summed E-state index contributed by atoms with van der Waals surface area (Å²) in [6.45, 7) is 3.10. The van der Waals surface area contributed by atoms with Crippen molar-refractivity contribution < 1.29 is 13.2 Å². The van der Waals surface area contributed by atoms with Crippen LogP contribution in [0.25, 0.3) is 0 Å². The van der Waals surface area contributed by atoms with E-state index < -0.39 is 11.9 Å². The van der Waals surface area contributed by atoms with E-state index in [1.165, 1.54) is 0 Å². The molecule has 18 heavy (non-hydrogen) atoms. The molecule has 2 heterocycles. The van der Waals surface area contributed by atoms with Crippen molar-refractivity contribution in [2.24, 2.45) is 11.8 Å². The molecule has 1 saturated heterocycles. The smallest absolute Gasteiger partial charge is 0.309 e. The lowest BCUT2D eigenvalue weighted by atomic mass is 9.86. The topological polar surface area (TPSA) is 24.9 Å². The number of nitrogens with one attached hydrogen (secondary N) is 1. The number of piperidine rings is 1. The second-order valence-corrected chi connectivity index (χ2v) is 5.42. The number of halogens is 3. The SMILES string of the molecule is C[C@H]1CN[C@H]2c3ccc(C(F)(F)F)nc3C[C@H]2C1. The molecule has 5 heteroatoms. The van der Waals surface area contributed by atoms with Crippen LogP contribution in [-0.4, -0.2) is 11.5 Å². The molecule has 0 spiro atoms. The van der Waals surface area contributed by atoms with Gasteiger partial charge in [0, 0.05) is 11.7 Å². The van der Waals surface area contributed by atoms with Crippen LogP contribution < -0.4 is 5.32 Å². The predicted octanol–water partition coefficient (Wildman–Crippen LogP) is 2.94. The average Bonchev–Trinajstić information content (AvgIpc) is 2.63. The summed E-state index contributed by atoms with van der Waals surface area (Å²) in [5.41, 5.74) is 0.814. The summed E-state index contributed by atoms with van der Waals surface area (Å²) in [6.07, 6.45) is -2.61. The van der Waals surface area contributed by atoms with Crippen molar-refractivity contribution in [1.82, 2.24) is 10.3 Å². The summed E-state index contributed by atoms with van der Waals surface area (Å²) >= 11 is 0. The third-order valence-corrected chi connectivity index (χ3v) is 3.95. The van der Waals surface area contributed by atoms with E-state index in [0.717, 1.165) is 24.6 Å². The molecule has 3 rings (SSSR count). The second kappa shape index (κ2) is 3.95. The van der Waals surface area contributed by atoms with Crippen molar-refractivity contribution >= 4 is 0 Å². The molecule has 1 N–H and O–H groups in total. The third-order valence-electron chi connectivity index (χ3n) is 3.95. The molecule has 1 aliphatic heterocycles. The molecule has 2 aliphatic rings. The Kier molecular flexibility index (Phi) is 2.62. The van der Waals surface area contributed by atoms with Gasteiger partial charge in [-0.05, 0) is 42.9 Å². The number of alkyl halides is 3. The first-order valence-electron chi connectivity index (χ1n) is 6.25. The first-order valence-corrected chi connectivity index (χ1v) is 6.25. The van der Waals surface area contributed by atoms with Crippen LogP contribution in [0.1, 0.15) is 36.3 Å². The van der Waals surface area contributed by atoms with Gasteiger partial charge in [-0.1, -0.05) is 13.0 Å². The Hall–Kier alpha value is -1.10. The van der Waals surface area contributed by atoms with Crippen molar-refractivity contribution in [3.63, 3.8) is 0 Å². The third kappa shape index (κ3) is 1.90. The van der Waals surface area contributed by atoms with Crippen LogP contribution in [0.3, 0.4) is 0 Å². The maximum atomic E-state index is 12.6. The number of rotatable bonds is 0. The summed E-state index contributed by atoms with van der Waals surface area (Å²) in [7, 11) is 0. The normalized spacial score (nSPS) is 31.0. The lowest BCUT2D eigenvalue weighted by Gasteiger charge is -2.31. The van der Waals surface area contributed by atoms with Crippen LogP contribution in [0, 0.1) is 11.8 Å². The van der Waals surface area contributed by atoms with E-state index in [-0.39, 0.29) is 6.04 Å². The fraction of sp³-hybridized carbons (Fsp3) is 0.615. The van der Waals surface area contributed by atoms with Gasteiger partial charge in [-0.3, -0.25) is 0 Å². The zero-order valence-corrected chi connectivity index (χ0v) is 10.1. The number of hydrogen-bond acceptors (Lipinski definition) is 2. The molecule has 98 valence electrons. The Balaban J connectivity index is 1.93. The molecular weight excluding hydrogens is 241 g/mol. The number of pyridine rings is 1. The molecule has 0 radical (unpaired) electrons. The minimum atomic E-state index is -4.34. The Morgan fingerprint density at radius 1 is 1.33 bits per heavy atom. The van der Waals surface area contributed by atoms with Gasteiger partial charge in [-0.15, -0.1) is 0 Å². The van der Waals surface area contributed by atoms with E-state index in [2.05, 4.69) is 17.2 Å². The fourth-order valence-electron chi connectivity index (χ4n) is 3.16. The minimum absolute atomic E-state index is 0.200. The highest BCUT2D eigenvalue weighted by Gasteiger charge is 2.39. The molecular formula is C13H15F3N2. The van der Waals surface area contributed by atoms with Gasteiger partial charge in [0.15, 0.2) is 0 Å². The standard InChI is InChI=1S/C13H15F3N2/c1-7-4-8-5-10-9(12(8)17-6-7)2-3-11(18-10)13(14,15)16/h2-3,7-8,12,17H,4-6H2,1H3/t7-,8-,12-/m1/s1. The summed E-state index contributed by atoms with van der Waals surface area (Å²) in [6, 6.07) is 2.89. The van der Waals surface area contributed by atoms with E-state index in [1.54, 1.807) is 6.07 Å². The molecule has 0 aromatic carbocycles. The molecule has 1 aliphatic carbocycles. The summed E-state index contributed by atoms with van der Waals surface area (Å²) in [4.78, 5) is 3.81. The molecule has 0 amide bonds. The van der Waals surface area contributed by atoms with Gasteiger partial charge in [0.2, 0.25) is 0 Å². The van der Waals surface area contributed by atoms with Crippen LogP contribution in [0.2, 0.25) is 0 Å². The summed E-state index contributed by atoms with van der Waals surface area (Å²) in [5, 5.41) is 3.42. The van der Waals surface area contributed by atoms with E-state index >= 15 is 0 Å². The van der Waals surface area contributed by atoms with Crippen LogP contribution >= 0.6 is 0 Å². The zero-order valence-electron chi connectivity index (χ0n) is 10.1. The Bertz CT molecular complexity index is 470. The van der Waals surface area contributed by atoms with Gasteiger partial charge in [0.05, 0.1) is 0 Å². The molecule has 0 unspecified atom stereocenters. The lowest BCUT2D eigenvalue weighted by Crippen LogP contribution is -2.36. The Labute approximate surface area is 104 Å². The molecule has 0 saturated carbocycles. The van der Waals surface area contributed by atoms with Crippen molar-refractivity contribution in [2.45, 2.75) is 32.0 Å². The highest BCUT2D eigenvalue weighted by atomic mass is 19.4. The second-order valence-electron chi connectivity index (χ2n) is 5.42. The maximum absolute atomic E-state index is 12.6. The Morgan fingerprint density at radius 3 is 2.83 bits per heavy atom. The first kappa shape index (κ1) is 12.0. The van der Waals surface area contributed by atoms with Crippen LogP contribution in [0.15, 0.2) is 12.1 Å². The van der Waals surface area contributed by atoms with Gasteiger partial charge in [-0.2, -0.15) is 13.2 Å². The zero-order chi connectivity index (χ0) is 12.9. The molecule has 1 aromatic heterocycles. The van der Waals surface area contributed by atoms with E-state index in [0.29, 0.717) is 24.0 Å². The van der Waals surface area contributed by atoms with Gasteiger partial charge >= 0.3 is 6.18 Å². The van der Waals surface area contributed by atoms with E-state index in [9.17, 15) is 13.2 Å². The highest BCUT2D eigenvalue weighted by Crippen LogP contribution is 2.42. The number of nitrogens with zero attached hydrogens (tertiary/aromatic N) is 1. The molecule has 1 fully saturated rings. The van der Waals surface area contributed by atoms with Gasteiger partial charge in [0.25, 0.3) is 0 Å². The van der Waals surface area contributed by atoms with Crippen LogP contribution in [0.5, 0.6) is 0 Å². The van der Waals surface area contributed by atoms with Crippen LogP contribution in [-0.2, 0) is 12.6 Å². The largest absolute Gasteiger partial charge is 0.433 e. The summed E-state index contributed by atoms with van der Waals surface area (Å²) in [5.74, 6) is 0.988. The monoisotopic (exact) mass is 256 g/mol. The fourth-order valence-corrected chi connectivity index (χ4v) is 3.16. The summed E-state index contributed by atoms with van der Waals surface area (Å²) < 4.78 is 37.8. The maximum Gasteiger partial charge on any atom is 0.433 e. The van der Waals surface area contributed by atoms with E-state index in [1.807, 2.05) is 0 Å². The molecule has 1 aromatic rings. The van der Waals surface area contributed by atoms with Crippen molar-refractivity contribution in [3.05, 3.63) is 29.1 Å². The number of hydrogen-bond donors (Lipinski definition) is 1. The van der Waals surface area contributed by atoms with Gasteiger partial charge < -0.3 is 5.32 Å². The molecule has 3 atom stereocenters. The average molecular weight is 256 g/mol. The predicted molar refractivity (Wildman–Crippen MR) is 61.0 cm³/mol. The molecule has 0 bridgehead atoms. The highest BCUT2D eigenvalue weighted by molar-refractivity contribution is 5.33. The number of fused-ring (bicyclic) bond motifs is 3. The minimum Gasteiger partial charge on any atom is -0.309 e. The lowest BCUT2D eigenvalue weighted by molar-refractivity contribution is -0.141. The van der Waals surface area contributed by atoms with Crippen molar-refractivity contribution in [3.8, 4) is 0 Å². The van der Waals surface area contributed by atoms with Crippen molar-refractivity contribution in [2.75, 3.05) is 6.54 Å². The first-order chi connectivity index (χ1) is 8.45. The number of aromatic nitrogens is 1. The quantitative estimate of drug-likeness (QED) is 0.772. The van der Waals surface area contributed by atoms with Gasteiger partial charge in [0.1, 0.15) is 5.69 Å².